The maximum absolute atomic E-state index is 12.6. The van der Waals surface area contributed by atoms with Crippen molar-refractivity contribution in [1.82, 2.24) is 14.9 Å². The first kappa shape index (κ1) is 18.7. The Labute approximate surface area is 164 Å². The van der Waals surface area contributed by atoms with E-state index in [1.807, 2.05) is 18.2 Å². The van der Waals surface area contributed by atoms with Gasteiger partial charge in [0.2, 0.25) is 5.95 Å². The third kappa shape index (κ3) is 4.10. The summed E-state index contributed by atoms with van der Waals surface area (Å²) >= 11 is 0. The van der Waals surface area contributed by atoms with E-state index < -0.39 is 0 Å². The Morgan fingerprint density at radius 1 is 1.25 bits per heavy atom. The molecule has 0 amide bonds. The van der Waals surface area contributed by atoms with Crippen LogP contribution < -0.4 is 15.2 Å². The molecule has 2 aromatic rings. The fourth-order valence-electron chi connectivity index (χ4n) is 3.71. The zero-order valence-corrected chi connectivity index (χ0v) is 16.0. The smallest absolute Gasteiger partial charge is 0.255 e. The molecule has 1 aromatic carbocycles. The summed E-state index contributed by atoms with van der Waals surface area (Å²) < 4.78 is 11.2. The van der Waals surface area contributed by atoms with E-state index >= 15 is 0 Å². The van der Waals surface area contributed by atoms with Gasteiger partial charge in [0, 0.05) is 43.9 Å². The van der Waals surface area contributed by atoms with Gasteiger partial charge in [-0.25, -0.2) is 4.98 Å². The third-order valence-corrected chi connectivity index (χ3v) is 5.17. The molecule has 0 bridgehead atoms. The molecule has 7 nitrogen and oxygen atoms in total. The van der Waals surface area contributed by atoms with Crippen molar-refractivity contribution in [3.8, 4) is 5.75 Å². The van der Waals surface area contributed by atoms with E-state index in [4.69, 9.17) is 14.5 Å². The van der Waals surface area contributed by atoms with E-state index in [1.165, 1.54) is 0 Å². The van der Waals surface area contributed by atoms with Gasteiger partial charge in [0.05, 0.1) is 18.9 Å². The van der Waals surface area contributed by atoms with Crippen molar-refractivity contribution in [3.05, 3.63) is 64.1 Å². The first-order chi connectivity index (χ1) is 13.7. The van der Waals surface area contributed by atoms with Gasteiger partial charge in [0.25, 0.3) is 5.56 Å². The lowest BCUT2D eigenvalue weighted by atomic mass is 10.1. The van der Waals surface area contributed by atoms with Gasteiger partial charge in [0.15, 0.2) is 0 Å². The van der Waals surface area contributed by atoms with Gasteiger partial charge in [0.1, 0.15) is 12.4 Å². The number of rotatable bonds is 6. The topological polar surface area (TPSA) is 70.7 Å². The summed E-state index contributed by atoms with van der Waals surface area (Å²) in [6.45, 7) is 9.26. The maximum Gasteiger partial charge on any atom is 0.255 e. The Morgan fingerprint density at radius 2 is 2.07 bits per heavy atom. The molecule has 4 rings (SSSR count). The second kappa shape index (κ2) is 8.58. The zero-order valence-electron chi connectivity index (χ0n) is 16.0. The summed E-state index contributed by atoms with van der Waals surface area (Å²) in [5.74, 6) is 1.53. The van der Waals surface area contributed by atoms with Crippen LogP contribution in [0.1, 0.15) is 16.8 Å². The number of para-hydroxylation sites is 1. The number of morpholine rings is 1. The highest BCUT2D eigenvalue weighted by atomic mass is 16.5. The van der Waals surface area contributed by atoms with E-state index in [-0.39, 0.29) is 5.56 Å². The van der Waals surface area contributed by atoms with Crippen LogP contribution in [0.2, 0.25) is 0 Å². The standard InChI is InChI=1S/C21H26N4O3/c1-2-11-28-19-6-4-3-5-16(19)14-24-8-7-17-18(15-24)22-21(23-20(17)26)25-9-12-27-13-10-25/h2-6H,1,7-15H2,(H,22,23,26). The summed E-state index contributed by atoms with van der Waals surface area (Å²) in [7, 11) is 0. The van der Waals surface area contributed by atoms with Crippen LogP contribution in [0.25, 0.3) is 0 Å². The largest absolute Gasteiger partial charge is 0.489 e. The van der Waals surface area contributed by atoms with Crippen LogP contribution in [0.4, 0.5) is 5.95 Å². The van der Waals surface area contributed by atoms with Crippen LogP contribution in [0.15, 0.2) is 41.7 Å². The number of nitrogens with one attached hydrogen (secondary N) is 1. The highest BCUT2D eigenvalue weighted by molar-refractivity contribution is 5.36. The number of hydrogen-bond acceptors (Lipinski definition) is 6. The molecule has 0 saturated carbocycles. The van der Waals surface area contributed by atoms with Crippen molar-refractivity contribution in [1.29, 1.82) is 0 Å². The number of nitrogens with zero attached hydrogens (tertiary/aromatic N) is 3. The average Bonchev–Trinajstić information content (AvgIpc) is 2.73. The minimum absolute atomic E-state index is 0.0131. The fourth-order valence-corrected chi connectivity index (χ4v) is 3.71. The Morgan fingerprint density at radius 3 is 2.89 bits per heavy atom. The lowest BCUT2D eigenvalue weighted by molar-refractivity contribution is 0.122. The molecule has 7 heteroatoms. The first-order valence-corrected chi connectivity index (χ1v) is 9.73. The Kier molecular flexibility index (Phi) is 5.73. The number of H-pyrrole nitrogens is 1. The van der Waals surface area contributed by atoms with Crippen molar-refractivity contribution in [3.63, 3.8) is 0 Å². The second-order valence-electron chi connectivity index (χ2n) is 7.08. The number of aromatic nitrogens is 2. The molecule has 3 heterocycles. The van der Waals surface area contributed by atoms with E-state index in [1.54, 1.807) is 6.08 Å². The number of anilines is 1. The molecule has 1 N–H and O–H groups in total. The van der Waals surface area contributed by atoms with Crippen molar-refractivity contribution in [2.45, 2.75) is 19.5 Å². The number of hydrogen-bond donors (Lipinski definition) is 1. The molecular formula is C21H26N4O3. The number of benzene rings is 1. The van der Waals surface area contributed by atoms with Crippen molar-refractivity contribution >= 4 is 5.95 Å². The van der Waals surface area contributed by atoms with E-state index in [9.17, 15) is 4.79 Å². The molecule has 0 radical (unpaired) electrons. The van der Waals surface area contributed by atoms with Crippen LogP contribution >= 0.6 is 0 Å². The highest BCUT2D eigenvalue weighted by Crippen LogP contribution is 2.23. The summed E-state index contributed by atoms with van der Waals surface area (Å²) in [5, 5.41) is 0. The molecule has 1 fully saturated rings. The molecule has 0 atom stereocenters. The van der Waals surface area contributed by atoms with Crippen LogP contribution in [-0.4, -0.2) is 54.3 Å². The Balaban J connectivity index is 1.52. The molecule has 0 unspecified atom stereocenters. The third-order valence-electron chi connectivity index (χ3n) is 5.17. The summed E-state index contributed by atoms with van der Waals surface area (Å²) in [5.41, 5.74) is 2.80. The summed E-state index contributed by atoms with van der Waals surface area (Å²) in [6, 6.07) is 8.06. The van der Waals surface area contributed by atoms with Crippen molar-refractivity contribution < 1.29 is 9.47 Å². The Bertz CT molecular complexity index is 889. The predicted octanol–water partition coefficient (Wildman–Crippen LogP) is 1.73. The van der Waals surface area contributed by atoms with Gasteiger partial charge in [-0.1, -0.05) is 30.9 Å². The lowest BCUT2D eigenvalue weighted by Gasteiger charge is -2.31. The highest BCUT2D eigenvalue weighted by Gasteiger charge is 2.23. The molecular weight excluding hydrogens is 356 g/mol. The minimum atomic E-state index is -0.0131. The van der Waals surface area contributed by atoms with Crippen LogP contribution in [0.3, 0.4) is 0 Å². The summed E-state index contributed by atoms with van der Waals surface area (Å²) in [4.78, 5) is 24.7. The SMILES string of the molecule is C=CCOc1ccccc1CN1CCc2c(nc(N3CCOCC3)[nH]c2=O)C1. The molecule has 28 heavy (non-hydrogen) atoms. The molecule has 2 aliphatic rings. The van der Waals surface area contributed by atoms with Gasteiger partial charge in [-0.2, -0.15) is 0 Å². The minimum Gasteiger partial charge on any atom is -0.489 e. The fraction of sp³-hybridized carbons (Fsp3) is 0.429. The molecule has 2 aliphatic heterocycles. The molecule has 0 spiro atoms. The number of aromatic amines is 1. The van der Waals surface area contributed by atoms with E-state index in [2.05, 4.69) is 27.4 Å². The molecule has 1 aromatic heterocycles. The van der Waals surface area contributed by atoms with Gasteiger partial charge in [-0.3, -0.25) is 14.7 Å². The van der Waals surface area contributed by atoms with Gasteiger partial charge in [-0.05, 0) is 12.5 Å². The van der Waals surface area contributed by atoms with Gasteiger partial charge >= 0.3 is 0 Å². The first-order valence-electron chi connectivity index (χ1n) is 9.73. The lowest BCUT2D eigenvalue weighted by Crippen LogP contribution is -2.40. The normalized spacial score (nSPS) is 17.2. The van der Waals surface area contributed by atoms with Crippen LogP contribution in [0, 0.1) is 0 Å². The zero-order chi connectivity index (χ0) is 19.3. The van der Waals surface area contributed by atoms with E-state index in [0.717, 1.165) is 48.7 Å². The van der Waals surface area contributed by atoms with Crippen molar-refractivity contribution in [2.75, 3.05) is 44.4 Å². The molecule has 1 saturated heterocycles. The molecule has 0 aliphatic carbocycles. The quantitative estimate of drug-likeness (QED) is 0.768. The van der Waals surface area contributed by atoms with Gasteiger partial charge in [-0.15, -0.1) is 0 Å². The monoisotopic (exact) mass is 382 g/mol. The Hall–Kier alpha value is -2.64. The van der Waals surface area contributed by atoms with Gasteiger partial charge < -0.3 is 14.4 Å². The maximum atomic E-state index is 12.6. The number of ether oxygens (including phenoxy) is 2. The second-order valence-corrected chi connectivity index (χ2v) is 7.08. The predicted molar refractivity (Wildman–Crippen MR) is 108 cm³/mol. The van der Waals surface area contributed by atoms with Crippen LogP contribution in [0.5, 0.6) is 5.75 Å². The van der Waals surface area contributed by atoms with Crippen molar-refractivity contribution in [2.24, 2.45) is 0 Å². The van der Waals surface area contributed by atoms with E-state index in [0.29, 0.717) is 38.7 Å². The summed E-state index contributed by atoms with van der Waals surface area (Å²) in [6.07, 6.45) is 2.45. The molecule has 148 valence electrons. The number of fused-ring (bicyclic) bond motifs is 1. The van der Waals surface area contributed by atoms with Crippen LogP contribution in [-0.2, 0) is 24.2 Å². The average molecular weight is 382 g/mol.